The lowest BCUT2D eigenvalue weighted by atomic mass is 9.81. The molecule has 1 aliphatic carbocycles. The summed E-state index contributed by atoms with van der Waals surface area (Å²) in [4.78, 5) is 0. The van der Waals surface area contributed by atoms with E-state index in [9.17, 15) is 17.6 Å². The molecule has 0 amide bonds. The van der Waals surface area contributed by atoms with Crippen molar-refractivity contribution in [3.8, 4) is 11.1 Å². The summed E-state index contributed by atoms with van der Waals surface area (Å²) >= 11 is 0. The second-order valence-corrected chi connectivity index (χ2v) is 8.96. The van der Waals surface area contributed by atoms with E-state index in [1.807, 2.05) is 42.5 Å². The molecule has 0 aromatic heterocycles. The quantitative estimate of drug-likeness (QED) is 0.395. The van der Waals surface area contributed by atoms with Crippen molar-refractivity contribution in [3.05, 3.63) is 84.0 Å². The van der Waals surface area contributed by atoms with Crippen LogP contribution in [0, 0.1) is 17.8 Å². The lowest BCUT2D eigenvalue weighted by molar-refractivity contribution is -0.222. The predicted molar refractivity (Wildman–Crippen MR) is 126 cm³/mol. The molecule has 4 rings (SSSR count). The van der Waals surface area contributed by atoms with Crippen molar-refractivity contribution in [1.82, 2.24) is 0 Å². The molecule has 0 N–H and O–H groups in total. The van der Waals surface area contributed by atoms with Crippen LogP contribution in [0.4, 0.5) is 17.6 Å². The normalized spacial score (nSPS) is 25.2. The molecule has 2 nitrogen and oxygen atoms in total. The van der Waals surface area contributed by atoms with E-state index in [1.165, 1.54) is 0 Å². The molecular weight excluding hydrogens is 444 g/mol. The van der Waals surface area contributed by atoms with Crippen molar-refractivity contribution in [1.29, 1.82) is 0 Å². The van der Waals surface area contributed by atoms with Gasteiger partial charge in [-0.2, -0.15) is 17.6 Å². The average Bonchev–Trinajstić information content (AvgIpc) is 2.84. The molecule has 1 heterocycles. The van der Waals surface area contributed by atoms with E-state index in [4.69, 9.17) is 9.47 Å². The molecule has 2 aromatic rings. The Hall–Kier alpha value is -2.70. The van der Waals surface area contributed by atoms with Crippen LogP contribution in [0.2, 0.25) is 0 Å². The number of hydrogen-bond donors (Lipinski definition) is 0. The maximum absolute atomic E-state index is 12.4. The minimum atomic E-state index is -1.71. The van der Waals surface area contributed by atoms with Crippen LogP contribution in [0.15, 0.2) is 72.8 Å². The van der Waals surface area contributed by atoms with Crippen LogP contribution in [-0.2, 0) is 9.47 Å². The first-order chi connectivity index (χ1) is 16.5. The largest absolute Gasteiger partial charge is 0.352 e. The molecule has 1 saturated carbocycles. The van der Waals surface area contributed by atoms with E-state index < -0.39 is 12.2 Å². The van der Waals surface area contributed by atoms with Gasteiger partial charge in [0, 0.05) is 17.9 Å². The second kappa shape index (κ2) is 11.6. The van der Waals surface area contributed by atoms with E-state index >= 15 is 0 Å². The highest BCUT2D eigenvalue weighted by molar-refractivity contribution is 5.67. The first-order valence-corrected chi connectivity index (χ1v) is 11.6. The topological polar surface area (TPSA) is 18.5 Å². The lowest BCUT2D eigenvalue weighted by Crippen LogP contribution is -2.37. The summed E-state index contributed by atoms with van der Waals surface area (Å²) in [5.74, 6) is 0.396. The molecule has 1 saturated heterocycles. The zero-order chi connectivity index (χ0) is 23.9. The minimum absolute atomic E-state index is 0.0330. The van der Waals surface area contributed by atoms with Crippen molar-refractivity contribution in [2.45, 2.75) is 32.0 Å². The highest BCUT2D eigenvalue weighted by Gasteiger charge is 2.31. The van der Waals surface area contributed by atoms with Crippen LogP contribution in [0.1, 0.15) is 36.8 Å². The van der Waals surface area contributed by atoms with Gasteiger partial charge in [0.05, 0.1) is 13.2 Å². The highest BCUT2D eigenvalue weighted by Crippen LogP contribution is 2.35. The highest BCUT2D eigenvalue weighted by atomic mass is 19.3. The molecular formula is C28H28F4O2. The molecule has 2 aromatic carbocycles. The molecule has 0 spiro atoms. The van der Waals surface area contributed by atoms with Crippen molar-refractivity contribution >= 4 is 12.2 Å². The Labute approximate surface area is 197 Å². The number of ether oxygens (including phenoxy) is 2. The third-order valence-corrected chi connectivity index (χ3v) is 6.50. The summed E-state index contributed by atoms with van der Waals surface area (Å²) in [6.07, 6.45) is 5.71. The van der Waals surface area contributed by atoms with Gasteiger partial charge in [-0.15, -0.1) is 0 Å². The number of rotatable bonds is 6. The molecule has 180 valence electrons. The van der Waals surface area contributed by atoms with E-state index in [-0.39, 0.29) is 24.0 Å². The summed E-state index contributed by atoms with van der Waals surface area (Å²) in [5.41, 5.74) is 3.50. The van der Waals surface area contributed by atoms with Gasteiger partial charge in [0.2, 0.25) is 0 Å². The van der Waals surface area contributed by atoms with Gasteiger partial charge in [-0.3, -0.25) is 0 Å². The fourth-order valence-electron chi connectivity index (χ4n) is 4.61. The summed E-state index contributed by atoms with van der Waals surface area (Å²) in [7, 11) is 0. The van der Waals surface area contributed by atoms with E-state index in [2.05, 4.69) is 6.08 Å². The van der Waals surface area contributed by atoms with Gasteiger partial charge in [0.15, 0.2) is 6.29 Å². The van der Waals surface area contributed by atoms with Crippen LogP contribution in [-0.4, -0.2) is 19.5 Å². The fourth-order valence-corrected chi connectivity index (χ4v) is 4.61. The Bertz CT molecular complexity index is 1000. The van der Waals surface area contributed by atoms with Crippen molar-refractivity contribution in [2.75, 3.05) is 13.2 Å². The average molecular weight is 473 g/mol. The Kier molecular flexibility index (Phi) is 8.35. The van der Waals surface area contributed by atoms with Gasteiger partial charge in [0.25, 0.3) is 12.2 Å². The van der Waals surface area contributed by atoms with Crippen molar-refractivity contribution < 1.29 is 27.0 Å². The van der Waals surface area contributed by atoms with E-state index in [0.29, 0.717) is 18.8 Å². The summed E-state index contributed by atoms with van der Waals surface area (Å²) in [5, 5.41) is 0. The third kappa shape index (κ3) is 6.90. The van der Waals surface area contributed by atoms with Gasteiger partial charge >= 0.3 is 0 Å². The SMILES string of the molecule is FC(F)=Cc1ccc(-c2ccc(/C=C/C3COC(C4CCC(C=C(F)F)CC4)OC3)cc2)cc1. The van der Waals surface area contributed by atoms with Gasteiger partial charge in [-0.25, -0.2) is 0 Å². The molecule has 2 fully saturated rings. The van der Waals surface area contributed by atoms with Gasteiger partial charge < -0.3 is 9.47 Å². The summed E-state index contributed by atoms with van der Waals surface area (Å²) in [6.45, 7) is 1.16. The van der Waals surface area contributed by atoms with Crippen LogP contribution >= 0.6 is 0 Å². The third-order valence-electron chi connectivity index (χ3n) is 6.50. The predicted octanol–water partition coefficient (Wildman–Crippen LogP) is 8.18. The summed E-state index contributed by atoms with van der Waals surface area (Å²) in [6, 6.07) is 15.0. The molecule has 0 unspecified atom stereocenters. The lowest BCUT2D eigenvalue weighted by Gasteiger charge is -2.36. The van der Waals surface area contributed by atoms with Gasteiger partial charge in [0.1, 0.15) is 0 Å². The van der Waals surface area contributed by atoms with Crippen molar-refractivity contribution in [2.24, 2.45) is 17.8 Å². The standard InChI is InChI=1S/C28H28F4O2/c29-26(30)15-20-5-11-24(12-6-20)23-9-3-19(4-10-23)1-2-22-17-33-28(34-18-22)25-13-7-21(8-14-25)16-27(31)32/h1-6,9-12,15-16,21-22,25,28H,7-8,13-14,17-18H2/b2-1+. The monoisotopic (exact) mass is 472 g/mol. The number of halogens is 4. The molecule has 0 bridgehead atoms. The van der Waals surface area contributed by atoms with Crippen LogP contribution in [0.25, 0.3) is 23.3 Å². The number of hydrogen-bond acceptors (Lipinski definition) is 2. The maximum atomic E-state index is 12.4. The summed E-state index contributed by atoms with van der Waals surface area (Å²) < 4.78 is 61.5. The minimum Gasteiger partial charge on any atom is -0.352 e. The van der Waals surface area contributed by atoms with E-state index in [1.54, 1.807) is 12.1 Å². The van der Waals surface area contributed by atoms with Crippen molar-refractivity contribution in [3.63, 3.8) is 0 Å². The van der Waals surface area contributed by atoms with Gasteiger partial charge in [-0.05, 0) is 59.9 Å². The second-order valence-electron chi connectivity index (χ2n) is 8.96. The zero-order valence-electron chi connectivity index (χ0n) is 18.8. The molecule has 0 atom stereocenters. The fraction of sp³-hybridized carbons (Fsp3) is 0.357. The van der Waals surface area contributed by atoms with Crippen LogP contribution in [0.3, 0.4) is 0 Å². The van der Waals surface area contributed by atoms with Gasteiger partial charge in [-0.1, -0.05) is 60.7 Å². The van der Waals surface area contributed by atoms with E-state index in [0.717, 1.165) is 54.5 Å². The number of allylic oxidation sites excluding steroid dienone is 1. The Morgan fingerprint density at radius 1 is 0.676 bits per heavy atom. The van der Waals surface area contributed by atoms with Crippen LogP contribution in [0.5, 0.6) is 0 Å². The van der Waals surface area contributed by atoms with Crippen LogP contribution < -0.4 is 0 Å². The first kappa shape index (κ1) is 24.4. The Morgan fingerprint density at radius 2 is 1.24 bits per heavy atom. The zero-order valence-corrected chi connectivity index (χ0v) is 18.8. The molecule has 34 heavy (non-hydrogen) atoms. The number of benzene rings is 2. The molecule has 0 radical (unpaired) electrons. The first-order valence-electron chi connectivity index (χ1n) is 11.6. The Morgan fingerprint density at radius 3 is 1.76 bits per heavy atom. The molecule has 6 heteroatoms. The smallest absolute Gasteiger partial charge is 0.270 e. The molecule has 2 aliphatic rings. The maximum Gasteiger partial charge on any atom is 0.270 e. The Balaban J connectivity index is 1.25. The molecule has 1 aliphatic heterocycles.